The lowest BCUT2D eigenvalue weighted by molar-refractivity contribution is -0.384. The second kappa shape index (κ2) is 6.99. The minimum atomic E-state index is -1.06. The number of aromatic nitrogens is 1. The largest absolute Gasteiger partial charge is 0.481 e. The molecule has 1 aromatic heterocycles. The fourth-order valence-electron chi connectivity index (χ4n) is 3.55. The molecular formula is C19H18N4O4. The van der Waals surface area contributed by atoms with Crippen LogP contribution in [0.4, 0.5) is 11.5 Å². The molecule has 0 bridgehead atoms. The Morgan fingerprint density at radius 1 is 1.26 bits per heavy atom. The lowest BCUT2D eigenvalue weighted by Crippen LogP contribution is -2.32. The van der Waals surface area contributed by atoms with Crippen molar-refractivity contribution in [2.24, 2.45) is 10.9 Å². The van der Waals surface area contributed by atoms with Gasteiger partial charge < -0.3 is 10.8 Å². The number of nitro benzene ring substituents is 1. The zero-order chi connectivity index (χ0) is 19.7. The summed E-state index contributed by atoms with van der Waals surface area (Å²) in [7, 11) is 0. The maximum absolute atomic E-state index is 12.1. The summed E-state index contributed by atoms with van der Waals surface area (Å²) in [5.74, 6) is -2.45. The van der Waals surface area contributed by atoms with Crippen molar-refractivity contribution >= 4 is 28.8 Å². The molecule has 0 spiro atoms. The molecule has 3 N–H and O–H groups in total. The number of nitrogens with zero attached hydrogens (tertiary/aromatic N) is 3. The molecule has 2 heterocycles. The summed E-state index contributed by atoms with van der Waals surface area (Å²) in [5.41, 5.74) is 8.69. The SMILES string of the molecule is CC1=NC(C)=C(c2cccnc2N)C(c2cccc([N+](=O)[O-])c2)C1C(=O)O. The molecule has 27 heavy (non-hydrogen) atoms. The quantitative estimate of drug-likeness (QED) is 0.630. The molecule has 8 heteroatoms. The highest BCUT2D eigenvalue weighted by atomic mass is 16.6. The van der Waals surface area contributed by atoms with E-state index in [0.717, 1.165) is 0 Å². The van der Waals surface area contributed by atoms with Gasteiger partial charge in [0.2, 0.25) is 0 Å². The van der Waals surface area contributed by atoms with Crippen LogP contribution in [0.2, 0.25) is 0 Å². The number of nitro groups is 1. The Hall–Kier alpha value is -3.55. The Morgan fingerprint density at radius 2 is 2.00 bits per heavy atom. The molecule has 0 aliphatic carbocycles. The van der Waals surface area contributed by atoms with E-state index in [-0.39, 0.29) is 11.5 Å². The van der Waals surface area contributed by atoms with Gasteiger partial charge in [-0.3, -0.25) is 19.9 Å². The molecule has 138 valence electrons. The number of aliphatic imine (C=N–C) groups is 1. The molecule has 3 rings (SSSR count). The number of rotatable bonds is 4. The average molecular weight is 366 g/mol. The van der Waals surface area contributed by atoms with Gasteiger partial charge in [-0.25, -0.2) is 4.98 Å². The number of hydrogen-bond acceptors (Lipinski definition) is 6. The van der Waals surface area contributed by atoms with Crippen LogP contribution in [0.5, 0.6) is 0 Å². The van der Waals surface area contributed by atoms with Gasteiger partial charge in [0.1, 0.15) is 11.7 Å². The standard InChI is InChI=1S/C19H18N4O4/c1-10-15(14-7-4-8-21-18(14)20)17(16(19(24)25)11(2)22-10)12-5-3-6-13(9-12)23(26)27/h3-9,16-17H,1-2H3,(H2,20,21)(H,24,25). The van der Waals surface area contributed by atoms with Gasteiger partial charge in [0.15, 0.2) is 0 Å². The van der Waals surface area contributed by atoms with E-state index in [4.69, 9.17) is 5.73 Å². The van der Waals surface area contributed by atoms with Crippen LogP contribution in [-0.2, 0) is 4.79 Å². The first-order chi connectivity index (χ1) is 12.8. The number of carboxylic acid groups (broad SMARTS) is 1. The van der Waals surface area contributed by atoms with Gasteiger partial charge in [0, 0.05) is 41.2 Å². The van der Waals surface area contributed by atoms with Crippen LogP contribution < -0.4 is 5.73 Å². The maximum Gasteiger partial charge on any atom is 0.313 e. The summed E-state index contributed by atoms with van der Waals surface area (Å²) in [6, 6.07) is 9.47. The monoisotopic (exact) mass is 366 g/mol. The van der Waals surface area contributed by atoms with Crippen molar-refractivity contribution in [2.75, 3.05) is 5.73 Å². The number of benzene rings is 1. The van der Waals surface area contributed by atoms with Crippen molar-refractivity contribution in [1.29, 1.82) is 0 Å². The Balaban J connectivity index is 2.29. The van der Waals surface area contributed by atoms with E-state index in [2.05, 4.69) is 9.98 Å². The second-order valence-corrected chi connectivity index (χ2v) is 6.33. The molecule has 0 fully saturated rings. The molecule has 0 saturated heterocycles. The number of allylic oxidation sites excluding steroid dienone is 2. The van der Waals surface area contributed by atoms with Crippen LogP contribution >= 0.6 is 0 Å². The van der Waals surface area contributed by atoms with E-state index < -0.39 is 22.7 Å². The van der Waals surface area contributed by atoms with E-state index in [9.17, 15) is 20.0 Å². The number of nitrogens with two attached hydrogens (primary N) is 1. The summed E-state index contributed by atoms with van der Waals surface area (Å²) in [5, 5.41) is 21.1. The topological polar surface area (TPSA) is 132 Å². The molecule has 8 nitrogen and oxygen atoms in total. The van der Waals surface area contributed by atoms with Crippen LogP contribution in [0.15, 0.2) is 53.3 Å². The third kappa shape index (κ3) is 3.29. The highest BCUT2D eigenvalue weighted by molar-refractivity contribution is 6.06. The first kappa shape index (κ1) is 18.2. The number of anilines is 1. The molecule has 2 aromatic rings. The van der Waals surface area contributed by atoms with Crippen LogP contribution in [0.3, 0.4) is 0 Å². The van der Waals surface area contributed by atoms with E-state index >= 15 is 0 Å². The molecule has 1 aromatic carbocycles. The van der Waals surface area contributed by atoms with Gasteiger partial charge in [0.05, 0.1) is 4.92 Å². The van der Waals surface area contributed by atoms with Crippen molar-refractivity contribution in [3.63, 3.8) is 0 Å². The molecule has 2 unspecified atom stereocenters. The number of carbonyl (C=O) groups is 1. The highest BCUT2D eigenvalue weighted by Gasteiger charge is 2.39. The molecule has 1 aliphatic heterocycles. The summed E-state index contributed by atoms with van der Waals surface area (Å²) >= 11 is 0. The number of carboxylic acids is 1. The third-order valence-electron chi connectivity index (χ3n) is 4.66. The van der Waals surface area contributed by atoms with Crippen molar-refractivity contribution in [3.8, 4) is 0 Å². The summed E-state index contributed by atoms with van der Waals surface area (Å²) in [6.07, 6.45) is 1.54. The molecule has 2 atom stereocenters. The minimum absolute atomic E-state index is 0.104. The molecule has 1 aliphatic rings. The summed E-state index contributed by atoms with van der Waals surface area (Å²) in [6.45, 7) is 3.42. The number of pyridine rings is 1. The first-order valence-corrected chi connectivity index (χ1v) is 8.25. The fraction of sp³-hybridized carbons (Fsp3) is 0.211. The molecular weight excluding hydrogens is 348 g/mol. The predicted octanol–water partition coefficient (Wildman–Crippen LogP) is 3.26. The summed E-state index contributed by atoms with van der Waals surface area (Å²) in [4.78, 5) is 31.3. The Kier molecular flexibility index (Phi) is 4.72. The van der Waals surface area contributed by atoms with E-state index in [1.807, 2.05) is 0 Å². The van der Waals surface area contributed by atoms with Gasteiger partial charge in [-0.1, -0.05) is 12.1 Å². The predicted molar refractivity (Wildman–Crippen MR) is 101 cm³/mol. The van der Waals surface area contributed by atoms with Gasteiger partial charge >= 0.3 is 5.97 Å². The lowest BCUT2D eigenvalue weighted by atomic mass is 9.73. The van der Waals surface area contributed by atoms with Gasteiger partial charge in [0.25, 0.3) is 5.69 Å². The Morgan fingerprint density at radius 3 is 2.63 bits per heavy atom. The Labute approximate surface area is 155 Å². The number of aliphatic carboxylic acids is 1. The summed E-state index contributed by atoms with van der Waals surface area (Å²) < 4.78 is 0. The third-order valence-corrected chi connectivity index (χ3v) is 4.66. The normalized spacial score (nSPS) is 19.6. The van der Waals surface area contributed by atoms with Gasteiger partial charge in [-0.15, -0.1) is 0 Å². The molecule has 0 amide bonds. The average Bonchev–Trinajstić information content (AvgIpc) is 2.61. The minimum Gasteiger partial charge on any atom is -0.481 e. The van der Waals surface area contributed by atoms with E-state index in [1.54, 1.807) is 44.3 Å². The highest BCUT2D eigenvalue weighted by Crippen LogP contribution is 2.45. The van der Waals surface area contributed by atoms with E-state index in [0.29, 0.717) is 28.1 Å². The first-order valence-electron chi connectivity index (χ1n) is 8.25. The smallest absolute Gasteiger partial charge is 0.313 e. The molecule has 0 saturated carbocycles. The van der Waals surface area contributed by atoms with Crippen LogP contribution in [-0.4, -0.2) is 26.7 Å². The lowest BCUT2D eigenvalue weighted by Gasteiger charge is -2.32. The second-order valence-electron chi connectivity index (χ2n) is 6.33. The zero-order valence-electron chi connectivity index (χ0n) is 14.8. The van der Waals surface area contributed by atoms with Crippen molar-refractivity contribution in [1.82, 2.24) is 4.98 Å². The van der Waals surface area contributed by atoms with Crippen molar-refractivity contribution in [2.45, 2.75) is 19.8 Å². The van der Waals surface area contributed by atoms with Crippen LogP contribution in [0.25, 0.3) is 5.57 Å². The molecule has 0 radical (unpaired) electrons. The zero-order valence-corrected chi connectivity index (χ0v) is 14.8. The number of nitrogen functional groups attached to an aromatic ring is 1. The van der Waals surface area contributed by atoms with Crippen LogP contribution in [0.1, 0.15) is 30.9 Å². The number of non-ortho nitro benzene ring substituents is 1. The van der Waals surface area contributed by atoms with Crippen molar-refractivity contribution in [3.05, 3.63) is 69.5 Å². The van der Waals surface area contributed by atoms with Gasteiger partial charge in [-0.05, 0) is 37.1 Å². The van der Waals surface area contributed by atoms with Crippen LogP contribution in [0, 0.1) is 16.0 Å². The fourth-order valence-corrected chi connectivity index (χ4v) is 3.55. The maximum atomic E-state index is 12.1. The Bertz CT molecular complexity index is 997. The van der Waals surface area contributed by atoms with Gasteiger partial charge in [-0.2, -0.15) is 0 Å². The van der Waals surface area contributed by atoms with E-state index in [1.165, 1.54) is 12.1 Å². The van der Waals surface area contributed by atoms with Crippen molar-refractivity contribution < 1.29 is 14.8 Å². The number of hydrogen-bond donors (Lipinski definition) is 2.